The van der Waals surface area contributed by atoms with Gasteiger partial charge in [-0.2, -0.15) is 0 Å². The molecule has 3 N–H and O–H groups in total. The van der Waals surface area contributed by atoms with Crippen molar-refractivity contribution in [2.24, 2.45) is 0 Å². The van der Waals surface area contributed by atoms with E-state index in [4.69, 9.17) is 0 Å². The number of rotatable bonds is 10. The molecule has 0 radical (unpaired) electrons. The number of benzene rings is 2. The highest BCUT2D eigenvalue weighted by atomic mass is 32.2. The van der Waals surface area contributed by atoms with Gasteiger partial charge in [-0.05, 0) is 55.7 Å². The average Bonchev–Trinajstić information content (AvgIpc) is 3.16. The molecule has 0 aliphatic heterocycles. The van der Waals surface area contributed by atoms with E-state index < -0.39 is 0 Å². The van der Waals surface area contributed by atoms with Gasteiger partial charge in [0.1, 0.15) is 11.6 Å². The molecule has 6 nitrogen and oxygen atoms in total. The molecule has 1 unspecified atom stereocenters. The lowest BCUT2D eigenvalue weighted by Crippen LogP contribution is -2.28. The Balaban J connectivity index is 1.41. The molecule has 1 heterocycles. The van der Waals surface area contributed by atoms with Crippen molar-refractivity contribution in [3.8, 4) is 0 Å². The SMILES string of the molecule is CC(=O)NC(CCCCNC(=O)CSc1ccc(F)cc1)c1nc2ccccc2[nH]1. The summed E-state index contributed by atoms with van der Waals surface area (Å²) in [6.07, 6.45) is 2.34. The normalized spacial score (nSPS) is 11.9. The maximum atomic E-state index is 12.9. The average molecular weight is 429 g/mol. The fraction of sp³-hybridized carbons (Fsp3) is 0.318. The highest BCUT2D eigenvalue weighted by molar-refractivity contribution is 8.00. The number of halogens is 1. The number of nitrogens with zero attached hydrogens (tertiary/aromatic N) is 1. The Morgan fingerprint density at radius 3 is 2.63 bits per heavy atom. The number of carbonyl (C=O) groups excluding carboxylic acids is 2. The van der Waals surface area contributed by atoms with Crippen LogP contribution < -0.4 is 10.6 Å². The molecule has 8 heteroatoms. The summed E-state index contributed by atoms with van der Waals surface area (Å²) in [6, 6.07) is 13.6. The van der Waals surface area contributed by atoms with Crippen molar-refractivity contribution in [2.45, 2.75) is 37.1 Å². The number of para-hydroxylation sites is 2. The summed E-state index contributed by atoms with van der Waals surface area (Å²) >= 11 is 1.37. The third kappa shape index (κ3) is 6.59. The largest absolute Gasteiger partial charge is 0.355 e. The molecule has 158 valence electrons. The molecule has 3 aromatic rings. The van der Waals surface area contributed by atoms with Gasteiger partial charge in [-0.1, -0.05) is 12.1 Å². The van der Waals surface area contributed by atoms with E-state index in [0.717, 1.165) is 41.0 Å². The molecule has 2 aromatic carbocycles. The molecule has 2 amide bonds. The molecule has 0 aliphatic rings. The van der Waals surface area contributed by atoms with Crippen LogP contribution in [-0.2, 0) is 9.59 Å². The lowest BCUT2D eigenvalue weighted by Gasteiger charge is -2.15. The van der Waals surface area contributed by atoms with E-state index >= 15 is 0 Å². The van der Waals surface area contributed by atoms with Crippen LogP contribution in [0.25, 0.3) is 11.0 Å². The predicted octanol–water partition coefficient (Wildman–Crippen LogP) is 3.96. The van der Waals surface area contributed by atoms with Gasteiger partial charge in [0, 0.05) is 18.4 Å². The smallest absolute Gasteiger partial charge is 0.230 e. The first-order chi connectivity index (χ1) is 14.5. The van der Waals surface area contributed by atoms with Gasteiger partial charge < -0.3 is 15.6 Å². The molecule has 1 aromatic heterocycles. The van der Waals surface area contributed by atoms with Gasteiger partial charge in [0.05, 0.1) is 22.8 Å². The van der Waals surface area contributed by atoms with Crippen LogP contribution in [0.3, 0.4) is 0 Å². The van der Waals surface area contributed by atoms with Crippen molar-refractivity contribution in [3.63, 3.8) is 0 Å². The van der Waals surface area contributed by atoms with Crippen molar-refractivity contribution >= 4 is 34.6 Å². The molecular formula is C22H25FN4O2S. The summed E-state index contributed by atoms with van der Waals surface area (Å²) in [5.74, 6) is 0.584. The second-order valence-electron chi connectivity index (χ2n) is 6.98. The van der Waals surface area contributed by atoms with E-state index in [1.165, 1.54) is 30.8 Å². The van der Waals surface area contributed by atoms with Crippen LogP contribution in [0.2, 0.25) is 0 Å². The highest BCUT2D eigenvalue weighted by Gasteiger charge is 2.16. The molecule has 0 saturated heterocycles. The molecule has 3 rings (SSSR count). The number of nitrogens with one attached hydrogen (secondary N) is 3. The van der Waals surface area contributed by atoms with Crippen molar-refractivity contribution in [2.75, 3.05) is 12.3 Å². The maximum Gasteiger partial charge on any atom is 0.230 e. The highest BCUT2D eigenvalue weighted by Crippen LogP contribution is 2.21. The van der Waals surface area contributed by atoms with Gasteiger partial charge in [-0.3, -0.25) is 9.59 Å². The van der Waals surface area contributed by atoms with Crippen LogP contribution in [0.15, 0.2) is 53.4 Å². The summed E-state index contributed by atoms with van der Waals surface area (Å²) in [6.45, 7) is 2.06. The van der Waals surface area contributed by atoms with Crippen LogP contribution in [0.5, 0.6) is 0 Å². The van der Waals surface area contributed by atoms with E-state index in [-0.39, 0.29) is 23.7 Å². The first-order valence-corrected chi connectivity index (χ1v) is 10.9. The number of thioether (sulfide) groups is 1. The topological polar surface area (TPSA) is 86.9 Å². The molecular weight excluding hydrogens is 403 g/mol. The Labute approximate surface area is 179 Å². The number of imidazole rings is 1. The van der Waals surface area contributed by atoms with Gasteiger partial charge in [0.2, 0.25) is 11.8 Å². The Morgan fingerprint density at radius 1 is 1.13 bits per heavy atom. The van der Waals surface area contributed by atoms with Crippen molar-refractivity contribution in [1.82, 2.24) is 20.6 Å². The standard InChI is InChI=1S/C22H25FN4O2S/c1-15(28)25-20(22-26-18-6-2-3-7-19(18)27-22)8-4-5-13-24-21(29)14-30-17-11-9-16(23)10-12-17/h2-3,6-7,9-12,20H,4-5,8,13-14H2,1H3,(H,24,29)(H,25,28)(H,26,27). The first kappa shape index (κ1) is 21.8. The van der Waals surface area contributed by atoms with E-state index in [2.05, 4.69) is 20.6 Å². The van der Waals surface area contributed by atoms with Crippen molar-refractivity contribution in [3.05, 3.63) is 60.2 Å². The Morgan fingerprint density at radius 2 is 1.90 bits per heavy atom. The summed E-state index contributed by atoms with van der Waals surface area (Å²) in [4.78, 5) is 32.3. The number of hydrogen-bond donors (Lipinski definition) is 3. The molecule has 1 atom stereocenters. The molecule has 0 fully saturated rings. The van der Waals surface area contributed by atoms with Crippen LogP contribution >= 0.6 is 11.8 Å². The van der Waals surface area contributed by atoms with Gasteiger partial charge in [0.25, 0.3) is 0 Å². The van der Waals surface area contributed by atoms with E-state index in [9.17, 15) is 14.0 Å². The minimum atomic E-state index is -0.288. The second-order valence-corrected chi connectivity index (χ2v) is 8.03. The quantitative estimate of drug-likeness (QED) is 0.337. The third-order valence-electron chi connectivity index (χ3n) is 4.54. The molecule has 30 heavy (non-hydrogen) atoms. The number of aromatic nitrogens is 2. The second kappa shape index (κ2) is 10.8. The number of unbranched alkanes of at least 4 members (excludes halogenated alkanes) is 1. The van der Waals surface area contributed by atoms with Crippen molar-refractivity contribution < 1.29 is 14.0 Å². The van der Waals surface area contributed by atoms with Gasteiger partial charge in [-0.25, -0.2) is 9.37 Å². The zero-order chi connectivity index (χ0) is 21.3. The van der Waals surface area contributed by atoms with Gasteiger partial charge in [-0.15, -0.1) is 11.8 Å². The van der Waals surface area contributed by atoms with Crippen LogP contribution in [0, 0.1) is 5.82 Å². The van der Waals surface area contributed by atoms with Gasteiger partial charge in [0.15, 0.2) is 0 Å². The van der Waals surface area contributed by atoms with Gasteiger partial charge >= 0.3 is 0 Å². The monoisotopic (exact) mass is 428 g/mol. The maximum absolute atomic E-state index is 12.9. The summed E-state index contributed by atoms with van der Waals surface area (Å²) in [5, 5.41) is 5.84. The van der Waals surface area contributed by atoms with Crippen LogP contribution in [0.1, 0.15) is 38.1 Å². The number of H-pyrrole nitrogens is 1. The zero-order valence-corrected chi connectivity index (χ0v) is 17.6. The fourth-order valence-electron chi connectivity index (χ4n) is 3.09. The number of aromatic amines is 1. The summed E-state index contributed by atoms with van der Waals surface area (Å²) < 4.78 is 12.9. The molecule has 0 aliphatic carbocycles. The molecule has 0 spiro atoms. The number of hydrogen-bond acceptors (Lipinski definition) is 4. The summed E-state index contributed by atoms with van der Waals surface area (Å²) in [5.41, 5.74) is 1.81. The number of fused-ring (bicyclic) bond motifs is 1. The predicted molar refractivity (Wildman–Crippen MR) is 117 cm³/mol. The van der Waals surface area contributed by atoms with E-state index in [1.807, 2.05) is 24.3 Å². The fourth-order valence-corrected chi connectivity index (χ4v) is 3.82. The first-order valence-electron chi connectivity index (χ1n) is 9.88. The minimum Gasteiger partial charge on any atom is -0.355 e. The molecule has 0 bridgehead atoms. The summed E-state index contributed by atoms with van der Waals surface area (Å²) in [7, 11) is 0. The Hall–Kier alpha value is -2.87. The van der Waals surface area contributed by atoms with Crippen LogP contribution in [-0.4, -0.2) is 34.1 Å². The minimum absolute atomic E-state index is 0.0555. The van der Waals surface area contributed by atoms with E-state index in [0.29, 0.717) is 12.3 Å². The van der Waals surface area contributed by atoms with E-state index in [1.54, 1.807) is 12.1 Å². The third-order valence-corrected chi connectivity index (χ3v) is 5.55. The number of amides is 2. The Kier molecular flexibility index (Phi) is 7.84. The zero-order valence-electron chi connectivity index (χ0n) is 16.8. The molecule has 0 saturated carbocycles. The van der Waals surface area contributed by atoms with Crippen LogP contribution in [0.4, 0.5) is 4.39 Å². The lowest BCUT2D eigenvalue weighted by atomic mass is 10.1. The van der Waals surface area contributed by atoms with Crippen molar-refractivity contribution in [1.29, 1.82) is 0 Å². The lowest BCUT2D eigenvalue weighted by molar-refractivity contribution is -0.120. The Bertz CT molecular complexity index is 957. The number of carbonyl (C=O) groups is 2.